The van der Waals surface area contributed by atoms with Crippen LogP contribution >= 0.6 is 0 Å². The average Bonchev–Trinajstić information content (AvgIpc) is 2.13. The van der Waals surface area contributed by atoms with Crippen molar-refractivity contribution in [2.75, 3.05) is 0 Å². The second-order valence-corrected chi connectivity index (χ2v) is 2.05. The third-order valence-corrected chi connectivity index (χ3v) is 1.24. The van der Waals surface area contributed by atoms with Gasteiger partial charge in [0.05, 0.1) is 11.0 Å². The van der Waals surface area contributed by atoms with Crippen LogP contribution in [0, 0.1) is 10.1 Å². The zero-order valence-electron chi connectivity index (χ0n) is 5.66. The monoisotopic (exact) mass is 155 g/mol. The first kappa shape index (κ1) is 7.65. The number of halogens is 1. The van der Waals surface area contributed by atoms with Crippen LogP contribution in [0.5, 0.6) is 0 Å². The highest BCUT2D eigenvalue weighted by Gasteiger charge is 2.08. The van der Waals surface area contributed by atoms with Crippen molar-refractivity contribution >= 4 is 0 Å². The number of nitro groups is 1. The van der Waals surface area contributed by atoms with Crippen molar-refractivity contribution in [2.24, 2.45) is 0 Å². The summed E-state index contributed by atoms with van der Waals surface area (Å²) in [4.78, 5) is 9.55. The van der Waals surface area contributed by atoms with Gasteiger partial charge in [0, 0.05) is 0 Å². The maximum atomic E-state index is 12.5. The molecule has 0 spiro atoms. The average molecular weight is 155 g/mol. The van der Waals surface area contributed by atoms with Gasteiger partial charge < -0.3 is 0 Å². The van der Waals surface area contributed by atoms with Crippen molar-refractivity contribution < 1.29 is 9.31 Å². The summed E-state index contributed by atoms with van der Waals surface area (Å²) in [5.74, 6) is -0.578. The van der Waals surface area contributed by atoms with E-state index in [2.05, 4.69) is 0 Å². The molecule has 0 saturated carbocycles. The van der Waals surface area contributed by atoms with Gasteiger partial charge in [0.2, 0.25) is 0 Å². The number of nitrogens with zero attached hydrogens (tertiary/aromatic N) is 1. The minimum atomic E-state index is -0.605. The van der Waals surface area contributed by atoms with Gasteiger partial charge in [0.1, 0.15) is 5.83 Å². The molecule has 4 heteroatoms. The highest BCUT2D eigenvalue weighted by Crippen LogP contribution is 2.11. The van der Waals surface area contributed by atoms with Crippen LogP contribution in [-0.2, 0) is 0 Å². The van der Waals surface area contributed by atoms with E-state index in [1.165, 1.54) is 18.2 Å². The minimum absolute atomic E-state index is 0.187. The van der Waals surface area contributed by atoms with E-state index >= 15 is 0 Å². The summed E-state index contributed by atoms with van der Waals surface area (Å²) < 4.78 is 12.5. The van der Waals surface area contributed by atoms with E-state index < -0.39 is 10.8 Å². The van der Waals surface area contributed by atoms with Gasteiger partial charge in [-0.05, 0) is 18.6 Å². The molecule has 3 nitrogen and oxygen atoms in total. The molecule has 0 saturated heterocycles. The van der Waals surface area contributed by atoms with Crippen molar-refractivity contribution in [1.29, 1.82) is 0 Å². The molecule has 11 heavy (non-hydrogen) atoms. The highest BCUT2D eigenvalue weighted by atomic mass is 19.1. The number of rotatable bonds is 1. The standard InChI is InChI=1S/C7H6FNO2/c8-6-3-1-2-4-7(5-6)9(10)11/h1,3-5H,2H2. The first-order valence-electron chi connectivity index (χ1n) is 3.08. The van der Waals surface area contributed by atoms with Gasteiger partial charge in [-0.2, -0.15) is 0 Å². The van der Waals surface area contributed by atoms with E-state index in [9.17, 15) is 14.5 Å². The maximum Gasteiger partial charge on any atom is 0.268 e. The normalized spacial score (nSPS) is 16.8. The van der Waals surface area contributed by atoms with Gasteiger partial charge in [-0.15, -0.1) is 0 Å². The molecule has 1 aliphatic rings. The lowest BCUT2D eigenvalue weighted by molar-refractivity contribution is -0.419. The molecule has 0 fully saturated rings. The summed E-state index contributed by atoms with van der Waals surface area (Å²) in [6.45, 7) is 0. The number of hydrogen-bond acceptors (Lipinski definition) is 2. The quantitative estimate of drug-likeness (QED) is 0.429. The predicted octanol–water partition coefficient (Wildman–Crippen LogP) is 1.96. The fourth-order valence-electron chi connectivity index (χ4n) is 0.745. The first-order chi connectivity index (χ1) is 5.20. The van der Waals surface area contributed by atoms with Crippen molar-refractivity contribution in [3.8, 4) is 0 Å². The largest absolute Gasteiger partial charge is 0.268 e. The predicted molar refractivity (Wildman–Crippen MR) is 38.0 cm³/mol. The molecule has 0 unspecified atom stereocenters. The van der Waals surface area contributed by atoms with Crippen molar-refractivity contribution in [2.45, 2.75) is 6.42 Å². The molecule has 0 radical (unpaired) electrons. The van der Waals surface area contributed by atoms with E-state index in [-0.39, 0.29) is 5.70 Å². The Labute approximate surface area is 62.7 Å². The summed E-state index contributed by atoms with van der Waals surface area (Å²) in [5.41, 5.74) is -0.187. The Morgan fingerprint density at radius 1 is 1.64 bits per heavy atom. The van der Waals surface area contributed by atoms with E-state index in [1.54, 1.807) is 0 Å². The Morgan fingerprint density at radius 2 is 2.36 bits per heavy atom. The second-order valence-electron chi connectivity index (χ2n) is 2.05. The van der Waals surface area contributed by atoms with Gasteiger partial charge in [-0.1, -0.05) is 6.08 Å². The van der Waals surface area contributed by atoms with Crippen LogP contribution in [-0.4, -0.2) is 4.92 Å². The highest BCUT2D eigenvalue weighted by molar-refractivity contribution is 5.25. The summed E-state index contributed by atoms with van der Waals surface area (Å²) in [7, 11) is 0. The van der Waals surface area contributed by atoms with Gasteiger partial charge in [0.25, 0.3) is 5.70 Å². The molecule has 0 aromatic carbocycles. The molecule has 0 aromatic rings. The fourth-order valence-corrected chi connectivity index (χ4v) is 0.745. The van der Waals surface area contributed by atoms with Gasteiger partial charge in [0.15, 0.2) is 0 Å². The molecule has 58 valence electrons. The lowest BCUT2D eigenvalue weighted by atomic mass is 10.3. The first-order valence-corrected chi connectivity index (χ1v) is 3.08. The Morgan fingerprint density at radius 3 is 3.00 bits per heavy atom. The molecule has 0 aromatic heterocycles. The van der Waals surface area contributed by atoms with Crippen LogP contribution in [0.15, 0.2) is 35.8 Å². The maximum absolute atomic E-state index is 12.5. The van der Waals surface area contributed by atoms with E-state index in [1.807, 2.05) is 0 Å². The molecule has 0 heterocycles. The number of hydrogen-bond donors (Lipinski definition) is 0. The molecule has 1 rings (SSSR count). The van der Waals surface area contributed by atoms with Crippen LogP contribution in [0.1, 0.15) is 6.42 Å². The Hall–Kier alpha value is -1.45. The zero-order chi connectivity index (χ0) is 8.27. The smallest absolute Gasteiger partial charge is 0.258 e. The third-order valence-electron chi connectivity index (χ3n) is 1.24. The molecule has 1 aliphatic carbocycles. The second kappa shape index (κ2) is 3.09. The number of allylic oxidation sites excluding steroid dienone is 5. The molecule has 0 atom stereocenters. The fraction of sp³-hybridized carbons (Fsp3) is 0.143. The topological polar surface area (TPSA) is 43.1 Å². The zero-order valence-corrected chi connectivity index (χ0v) is 5.66. The third kappa shape index (κ3) is 2.00. The molecule has 0 amide bonds. The lowest BCUT2D eigenvalue weighted by Crippen LogP contribution is -1.94. The van der Waals surface area contributed by atoms with Crippen LogP contribution < -0.4 is 0 Å². The molecular formula is C7H6FNO2. The summed E-state index contributed by atoms with van der Waals surface area (Å²) in [5, 5.41) is 10.2. The van der Waals surface area contributed by atoms with Gasteiger partial charge in [-0.25, -0.2) is 4.39 Å². The summed E-state index contributed by atoms with van der Waals surface area (Å²) in [6, 6.07) is 0. The molecule has 0 bridgehead atoms. The summed E-state index contributed by atoms with van der Waals surface area (Å²) >= 11 is 0. The van der Waals surface area contributed by atoms with E-state index in [4.69, 9.17) is 0 Å². The van der Waals surface area contributed by atoms with Gasteiger partial charge >= 0.3 is 0 Å². The SMILES string of the molecule is O=[N+]([O-])C1=CCC=CC(F)=C1. The Balaban J connectivity index is 2.91. The molecule has 0 aliphatic heterocycles. The van der Waals surface area contributed by atoms with Gasteiger partial charge in [-0.3, -0.25) is 10.1 Å². The van der Waals surface area contributed by atoms with Crippen molar-refractivity contribution in [3.05, 3.63) is 45.9 Å². The van der Waals surface area contributed by atoms with E-state index in [0.29, 0.717) is 6.42 Å². The van der Waals surface area contributed by atoms with Crippen LogP contribution in [0.4, 0.5) is 4.39 Å². The van der Waals surface area contributed by atoms with Crippen LogP contribution in [0.2, 0.25) is 0 Å². The van der Waals surface area contributed by atoms with E-state index in [0.717, 1.165) is 6.08 Å². The van der Waals surface area contributed by atoms with Crippen molar-refractivity contribution in [1.82, 2.24) is 0 Å². The minimum Gasteiger partial charge on any atom is -0.258 e. The Kier molecular flexibility index (Phi) is 2.15. The molecular weight excluding hydrogens is 149 g/mol. The Bertz CT molecular complexity index is 266. The van der Waals surface area contributed by atoms with Crippen molar-refractivity contribution in [3.63, 3.8) is 0 Å². The van der Waals surface area contributed by atoms with Crippen LogP contribution in [0.3, 0.4) is 0 Å². The molecule has 0 N–H and O–H groups in total. The lowest BCUT2D eigenvalue weighted by Gasteiger charge is -1.87. The summed E-state index contributed by atoms with van der Waals surface area (Å²) in [6.07, 6.45) is 5.42. The van der Waals surface area contributed by atoms with Crippen LogP contribution in [0.25, 0.3) is 0 Å².